The zero-order valence-corrected chi connectivity index (χ0v) is 11.1. The van der Waals surface area contributed by atoms with E-state index in [2.05, 4.69) is 15.4 Å². The molecular weight excluding hydrogens is 266 g/mol. The summed E-state index contributed by atoms with van der Waals surface area (Å²) in [6.07, 6.45) is -0.167. The third-order valence-corrected chi connectivity index (χ3v) is 2.62. The molecule has 0 aromatic heterocycles. The van der Waals surface area contributed by atoms with E-state index in [1.165, 1.54) is 32.4 Å². The van der Waals surface area contributed by atoms with Crippen LogP contribution in [0.4, 0.5) is 11.4 Å². The molecule has 0 aliphatic heterocycles. The highest BCUT2D eigenvalue weighted by molar-refractivity contribution is 5.98. The monoisotopic (exact) mass is 281 g/mol. The smallest absolute Gasteiger partial charge is 0.307 e. The molecule has 1 aromatic carbocycles. The number of nitrogens with one attached hydrogen (secondary N) is 2. The molecule has 0 aliphatic carbocycles. The van der Waals surface area contributed by atoms with Crippen LogP contribution in [0.25, 0.3) is 0 Å². The summed E-state index contributed by atoms with van der Waals surface area (Å²) in [5.41, 5.74) is -0.138. The first kappa shape index (κ1) is 15.6. The van der Waals surface area contributed by atoms with Gasteiger partial charge in [-0.1, -0.05) is 12.1 Å². The molecule has 0 saturated carbocycles. The van der Waals surface area contributed by atoms with Gasteiger partial charge < -0.3 is 15.4 Å². The van der Waals surface area contributed by atoms with Gasteiger partial charge in [-0.3, -0.25) is 19.7 Å². The normalized spacial score (nSPS) is 11.5. The number of hydrogen-bond acceptors (Lipinski definition) is 6. The van der Waals surface area contributed by atoms with Crippen LogP contribution < -0.4 is 10.6 Å². The predicted molar refractivity (Wildman–Crippen MR) is 71.2 cm³/mol. The van der Waals surface area contributed by atoms with E-state index in [0.717, 1.165) is 0 Å². The maximum atomic E-state index is 12.0. The summed E-state index contributed by atoms with van der Waals surface area (Å²) in [4.78, 5) is 33.4. The van der Waals surface area contributed by atoms with Gasteiger partial charge >= 0.3 is 5.97 Å². The number of para-hydroxylation sites is 2. The largest absolute Gasteiger partial charge is 0.469 e. The van der Waals surface area contributed by atoms with Crippen molar-refractivity contribution in [2.24, 2.45) is 0 Å². The average molecular weight is 281 g/mol. The third-order valence-electron chi connectivity index (χ3n) is 2.62. The maximum absolute atomic E-state index is 12.0. The molecule has 8 nitrogen and oxygen atoms in total. The zero-order chi connectivity index (χ0) is 15.1. The van der Waals surface area contributed by atoms with E-state index >= 15 is 0 Å². The molecule has 1 unspecified atom stereocenters. The lowest BCUT2D eigenvalue weighted by atomic mass is 10.2. The first-order chi connectivity index (χ1) is 9.49. The molecule has 1 atom stereocenters. The number of amides is 1. The SMILES string of the molecule is CNC(CC(=O)OC)C(=O)Nc1ccccc1[N+](=O)[O-]. The highest BCUT2D eigenvalue weighted by atomic mass is 16.6. The van der Waals surface area contributed by atoms with Gasteiger partial charge in [0.05, 0.1) is 24.5 Å². The van der Waals surface area contributed by atoms with E-state index < -0.39 is 22.8 Å². The number of ether oxygens (including phenoxy) is 1. The van der Waals surface area contributed by atoms with Crippen molar-refractivity contribution < 1.29 is 19.2 Å². The summed E-state index contributed by atoms with van der Waals surface area (Å²) in [7, 11) is 2.72. The van der Waals surface area contributed by atoms with Crippen molar-refractivity contribution in [3.05, 3.63) is 34.4 Å². The number of benzene rings is 1. The first-order valence-corrected chi connectivity index (χ1v) is 5.78. The molecule has 0 heterocycles. The van der Waals surface area contributed by atoms with Crippen molar-refractivity contribution >= 4 is 23.3 Å². The topological polar surface area (TPSA) is 111 Å². The van der Waals surface area contributed by atoms with E-state index in [1.54, 1.807) is 6.07 Å². The van der Waals surface area contributed by atoms with Gasteiger partial charge in [0.15, 0.2) is 0 Å². The van der Waals surface area contributed by atoms with Crippen LogP contribution in [-0.2, 0) is 14.3 Å². The highest BCUT2D eigenvalue weighted by Gasteiger charge is 2.23. The highest BCUT2D eigenvalue weighted by Crippen LogP contribution is 2.23. The van der Waals surface area contributed by atoms with Crippen molar-refractivity contribution in [3.8, 4) is 0 Å². The first-order valence-electron chi connectivity index (χ1n) is 5.78. The molecule has 2 N–H and O–H groups in total. The predicted octanol–water partition coefficient (Wildman–Crippen LogP) is 0.684. The van der Waals surface area contributed by atoms with Gasteiger partial charge in [-0.25, -0.2) is 0 Å². The molecule has 8 heteroatoms. The minimum Gasteiger partial charge on any atom is -0.469 e. The van der Waals surface area contributed by atoms with Gasteiger partial charge in [0.1, 0.15) is 5.69 Å². The number of carbonyl (C=O) groups excluding carboxylic acids is 2. The summed E-state index contributed by atoms with van der Waals surface area (Å²) in [6.45, 7) is 0. The fourth-order valence-electron chi connectivity index (χ4n) is 1.53. The lowest BCUT2D eigenvalue weighted by Crippen LogP contribution is -2.40. The van der Waals surface area contributed by atoms with Crippen LogP contribution in [0.5, 0.6) is 0 Å². The molecule has 1 rings (SSSR count). The van der Waals surface area contributed by atoms with E-state index in [-0.39, 0.29) is 17.8 Å². The Morgan fingerprint density at radius 2 is 2.05 bits per heavy atom. The minimum atomic E-state index is -0.831. The average Bonchev–Trinajstić information content (AvgIpc) is 2.44. The molecule has 0 saturated heterocycles. The second-order valence-corrected chi connectivity index (χ2v) is 3.89. The van der Waals surface area contributed by atoms with Crippen LogP contribution in [0.2, 0.25) is 0 Å². The summed E-state index contributed by atoms with van der Waals surface area (Å²) < 4.78 is 4.48. The summed E-state index contributed by atoms with van der Waals surface area (Å²) in [6, 6.07) is 4.93. The van der Waals surface area contributed by atoms with Crippen molar-refractivity contribution in [3.63, 3.8) is 0 Å². The Hall–Kier alpha value is -2.48. The standard InChI is InChI=1S/C12H15N3O5/c1-13-9(7-11(16)20-2)12(17)14-8-5-3-4-6-10(8)15(18)19/h3-6,9,13H,7H2,1-2H3,(H,14,17). The Kier molecular flexibility index (Phi) is 5.60. The summed E-state index contributed by atoms with van der Waals surface area (Å²) in [5, 5.41) is 15.9. The maximum Gasteiger partial charge on any atom is 0.307 e. The van der Waals surface area contributed by atoms with Crippen molar-refractivity contribution in [2.45, 2.75) is 12.5 Å². The van der Waals surface area contributed by atoms with Crippen LogP contribution >= 0.6 is 0 Å². The molecule has 0 bridgehead atoms. The second-order valence-electron chi connectivity index (χ2n) is 3.89. The van der Waals surface area contributed by atoms with Gasteiger partial charge in [0.2, 0.25) is 5.91 Å². The Balaban J connectivity index is 2.84. The molecule has 20 heavy (non-hydrogen) atoms. The number of carbonyl (C=O) groups is 2. The summed E-state index contributed by atoms with van der Waals surface area (Å²) >= 11 is 0. The molecule has 0 aliphatic rings. The molecule has 1 aromatic rings. The second kappa shape index (κ2) is 7.19. The van der Waals surface area contributed by atoms with Gasteiger partial charge in [-0.15, -0.1) is 0 Å². The number of hydrogen-bond donors (Lipinski definition) is 2. The van der Waals surface area contributed by atoms with Gasteiger partial charge in [0.25, 0.3) is 5.69 Å². The lowest BCUT2D eigenvalue weighted by molar-refractivity contribution is -0.383. The molecule has 0 spiro atoms. The quantitative estimate of drug-likeness (QED) is 0.451. The third kappa shape index (κ3) is 4.02. The fourth-order valence-corrected chi connectivity index (χ4v) is 1.53. The number of nitro benzene ring substituents is 1. The number of likely N-dealkylation sites (N-methyl/N-ethyl adjacent to an activating group) is 1. The van der Waals surface area contributed by atoms with E-state index in [9.17, 15) is 19.7 Å². The molecule has 0 radical (unpaired) electrons. The van der Waals surface area contributed by atoms with Crippen LogP contribution in [-0.4, -0.2) is 37.0 Å². The number of methoxy groups -OCH3 is 1. The number of rotatable bonds is 6. The Morgan fingerprint density at radius 1 is 1.40 bits per heavy atom. The van der Waals surface area contributed by atoms with Crippen molar-refractivity contribution in [1.82, 2.24) is 5.32 Å². The minimum absolute atomic E-state index is 0.0765. The van der Waals surface area contributed by atoms with Crippen LogP contribution in [0, 0.1) is 10.1 Å². The van der Waals surface area contributed by atoms with Gasteiger partial charge in [-0.2, -0.15) is 0 Å². The van der Waals surface area contributed by atoms with Crippen molar-refractivity contribution in [1.29, 1.82) is 0 Å². The molecular formula is C12H15N3O5. The Morgan fingerprint density at radius 3 is 2.60 bits per heavy atom. The van der Waals surface area contributed by atoms with Crippen LogP contribution in [0.15, 0.2) is 24.3 Å². The lowest BCUT2D eigenvalue weighted by Gasteiger charge is -2.14. The van der Waals surface area contributed by atoms with E-state index in [1.807, 2.05) is 0 Å². The van der Waals surface area contributed by atoms with Crippen LogP contribution in [0.1, 0.15) is 6.42 Å². The molecule has 0 fully saturated rings. The zero-order valence-electron chi connectivity index (χ0n) is 11.1. The van der Waals surface area contributed by atoms with Crippen molar-refractivity contribution in [2.75, 3.05) is 19.5 Å². The summed E-state index contributed by atoms with van der Waals surface area (Å²) in [5.74, 6) is -1.10. The fraction of sp³-hybridized carbons (Fsp3) is 0.333. The molecule has 108 valence electrons. The van der Waals surface area contributed by atoms with E-state index in [4.69, 9.17) is 0 Å². The van der Waals surface area contributed by atoms with Gasteiger partial charge in [0, 0.05) is 6.07 Å². The number of nitrogens with zero attached hydrogens (tertiary/aromatic N) is 1. The number of esters is 1. The van der Waals surface area contributed by atoms with Crippen LogP contribution in [0.3, 0.4) is 0 Å². The molecule has 1 amide bonds. The Bertz CT molecular complexity index is 518. The number of nitro groups is 1. The van der Waals surface area contributed by atoms with Gasteiger partial charge in [-0.05, 0) is 13.1 Å². The van der Waals surface area contributed by atoms with E-state index in [0.29, 0.717) is 0 Å². The number of anilines is 1. The Labute approximate surface area is 115 Å².